The first-order chi connectivity index (χ1) is 9.61. The summed E-state index contributed by atoms with van der Waals surface area (Å²) in [5, 5.41) is 9.72. The average Bonchev–Trinajstić information content (AvgIpc) is 3.01. The SMILES string of the molecule is Cc1ccc2nc(C(=O)NCc3cc(C)[nH]n3)cn2c1. The van der Waals surface area contributed by atoms with Crippen LogP contribution in [-0.2, 0) is 6.54 Å². The van der Waals surface area contributed by atoms with Crippen molar-refractivity contribution in [3.63, 3.8) is 0 Å². The highest BCUT2D eigenvalue weighted by molar-refractivity contribution is 5.92. The molecule has 3 heterocycles. The Morgan fingerprint density at radius 1 is 1.35 bits per heavy atom. The largest absolute Gasteiger partial charge is 0.345 e. The predicted octanol–water partition coefficient (Wildman–Crippen LogP) is 1.60. The number of hydrogen-bond donors (Lipinski definition) is 2. The Labute approximate surface area is 115 Å². The molecular weight excluding hydrogens is 254 g/mol. The second-order valence-corrected chi connectivity index (χ2v) is 4.82. The molecule has 6 heteroatoms. The lowest BCUT2D eigenvalue weighted by molar-refractivity contribution is 0.0946. The molecule has 0 bridgehead atoms. The van der Waals surface area contributed by atoms with E-state index in [9.17, 15) is 4.79 Å². The lowest BCUT2D eigenvalue weighted by Crippen LogP contribution is -2.23. The minimum atomic E-state index is -0.202. The molecule has 0 fully saturated rings. The molecular formula is C14H15N5O. The summed E-state index contributed by atoms with van der Waals surface area (Å²) < 4.78 is 1.85. The minimum absolute atomic E-state index is 0.202. The third-order valence-corrected chi connectivity index (χ3v) is 3.02. The fraction of sp³-hybridized carbons (Fsp3) is 0.214. The van der Waals surface area contributed by atoms with E-state index in [0.717, 1.165) is 22.6 Å². The molecule has 3 rings (SSSR count). The molecule has 0 saturated carbocycles. The Morgan fingerprint density at radius 2 is 2.20 bits per heavy atom. The van der Waals surface area contributed by atoms with Crippen molar-refractivity contribution in [2.24, 2.45) is 0 Å². The maximum absolute atomic E-state index is 12.1. The van der Waals surface area contributed by atoms with Crippen LogP contribution in [0, 0.1) is 13.8 Å². The van der Waals surface area contributed by atoms with Gasteiger partial charge in [0.1, 0.15) is 11.3 Å². The van der Waals surface area contributed by atoms with Crippen LogP contribution >= 0.6 is 0 Å². The molecule has 3 aromatic rings. The first-order valence-corrected chi connectivity index (χ1v) is 6.36. The summed E-state index contributed by atoms with van der Waals surface area (Å²) in [5.74, 6) is -0.202. The molecule has 2 N–H and O–H groups in total. The molecule has 0 saturated heterocycles. The van der Waals surface area contributed by atoms with Gasteiger partial charge in [0, 0.05) is 18.1 Å². The number of H-pyrrole nitrogens is 1. The number of nitrogens with zero attached hydrogens (tertiary/aromatic N) is 3. The van der Waals surface area contributed by atoms with Crippen LogP contribution in [0.5, 0.6) is 0 Å². The molecule has 3 aromatic heterocycles. The van der Waals surface area contributed by atoms with E-state index < -0.39 is 0 Å². The van der Waals surface area contributed by atoms with E-state index in [-0.39, 0.29) is 5.91 Å². The summed E-state index contributed by atoms with van der Waals surface area (Å²) in [4.78, 5) is 16.3. The second-order valence-electron chi connectivity index (χ2n) is 4.82. The Balaban J connectivity index is 1.75. The number of imidazole rings is 1. The van der Waals surface area contributed by atoms with E-state index in [1.165, 1.54) is 0 Å². The van der Waals surface area contributed by atoms with Crippen LogP contribution in [0.25, 0.3) is 5.65 Å². The van der Waals surface area contributed by atoms with Gasteiger partial charge in [0.05, 0.1) is 12.2 Å². The van der Waals surface area contributed by atoms with Gasteiger partial charge in [-0.15, -0.1) is 0 Å². The van der Waals surface area contributed by atoms with Crippen molar-refractivity contribution in [2.75, 3.05) is 0 Å². The molecule has 20 heavy (non-hydrogen) atoms. The van der Waals surface area contributed by atoms with Gasteiger partial charge in [-0.2, -0.15) is 5.10 Å². The number of amides is 1. The van der Waals surface area contributed by atoms with Crippen LogP contribution in [0.3, 0.4) is 0 Å². The third kappa shape index (κ3) is 2.40. The number of carbonyl (C=O) groups excluding carboxylic acids is 1. The Hall–Kier alpha value is -2.63. The molecule has 6 nitrogen and oxygen atoms in total. The highest BCUT2D eigenvalue weighted by atomic mass is 16.1. The second kappa shape index (κ2) is 4.80. The Morgan fingerprint density at radius 3 is 2.95 bits per heavy atom. The van der Waals surface area contributed by atoms with Crippen molar-refractivity contribution in [1.29, 1.82) is 0 Å². The summed E-state index contributed by atoms with van der Waals surface area (Å²) >= 11 is 0. The van der Waals surface area contributed by atoms with Crippen LogP contribution in [0.15, 0.2) is 30.6 Å². The number of nitrogens with one attached hydrogen (secondary N) is 2. The van der Waals surface area contributed by atoms with Gasteiger partial charge in [-0.05, 0) is 31.5 Å². The molecule has 0 radical (unpaired) electrons. The maximum atomic E-state index is 12.1. The molecule has 0 aliphatic carbocycles. The number of aromatic amines is 1. The fourth-order valence-corrected chi connectivity index (χ4v) is 2.04. The average molecular weight is 269 g/mol. The van der Waals surface area contributed by atoms with Gasteiger partial charge in [-0.3, -0.25) is 9.89 Å². The van der Waals surface area contributed by atoms with Gasteiger partial charge in [0.2, 0.25) is 0 Å². The fourth-order valence-electron chi connectivity index (χ4n) is 2.04. The summed E-state index contributed by atoms with van der Waals surface area (Å²) in [7, 11) is 0. The van der Waals surface area contributed by atoms with E-state index in [2.05, 4.69) is 20.5 Å². The highest BCUT2D eigenvalue weighted by Crippen LogP contribution is 2.07. The topological polar surface area (TPSA) is 75.1 Å². The summed E-state index contributed by atoms with van der Waals surface area (Å²) in [6.07, 6.45) is 3.67. The van der Waals surface area contributed by atoms with Crippen molar-refractivity contribution in [3.8, 4) is 0 Å². The number of aromatic nitrogens is 4. The molecule has 0 aromatic carbocycles. The van der Waals surface area contributed by atoms with Crippen LogP contribution in [0.2, 0.25) is 0 Å². The monoisotopic (exact) mass is 269 g/mol. The zero-order chi connectivity index (χ0) is 14.1. The van der Waals surface area contributed by atoms with Gasteiger partial charge in [-0.25, -0.2) is 4.98 Å². The zero-order valence-corrected chi connectivity index (χ0v) is 11.3. The van der Waals surface area contributed by atoms with E-state index in [4.69, 9.17) is 0 Å². The number of aryl methyl sites for hydroxylation is 2. The minimum Gasteiger partial charge on any atom is -0.345 e. The zero-order valence-electron chi connectivity index (χ0n) is 11.3. The standard InChI is InChI=1S/C14H15N5O/c1-9-3-4-13-16-12(8-19(13)7-9)14(20)15-6-11-5-10(2)17-18-11/h3-5,7-8H,6H2,1-2H3,(H,15,20)(H,17,18). The third-order valence-electron chi connectivity index (χ3n) is 3.02. The van der Waals surface area contributed by atoms with Crippen LogP contribution < -0.4 is 5.32 Å². The quantitative estimate of drug-likeness (QED) is 0.758. The Kier molecular flexibility index (Phi) is 2.98. The van der Waals surface area contributed by atoms with Crippen molar-refractivity contribution in [2.45, 2.75) is 20.4 Å². The van der Waals surface area contributed by atoms with Crippen molar-refractivity contribution < 1.29 is 4.79 Å². The van der Waals surface area contributed by atoms with Crippen LogP contribution in [-0.4, -0.2) is 25.5 Å². The number of rotatable bonds is 3. The number of hydrogen-bond acceptors (Lipinski definition) is 3. The van der Waals surface area contributed by atoms with E-state index in [1.807, 2.05) is 42.6 Å². The van der Waals surface area contributed by atoms with Gasteiger partial charge >= 0.3 is 0 Å². The van der Waals surface area contributed by atoms with E-state index >= 15 is 0 Å². The number of pyridine rings is 1. The summed E-state index contributed by atoms with van der Waals surface area (Å²) in [5.41, 5.74) is 4.06. The summed E-state index contributed by atoms with van der Waals surface area (Å²) in [6, 6.07) is 5.76. The van der Waals surface area contributed by atoms with Gasteiger partial charge in [0.25, 0.3) is 5.91 Å². The first kappa shape index (κ1) is 12.4. The molecule has 0 unspecified atom stereocenters. The van der Waals surface area contributed by atoms with E-state index in [0.29, 0.717) is 12.2 Å². The maximum Gasteiger partial charge on any atom is 0.271 e. The molecule has 0 aliphatic rings. The molecule has 102 valence electrons. The lowest BCUT2D eigenvalue weighted by atomic mass is 10.3. The molecule has 0 atom stereocenters. The number of fused-ring (bicyclic) bond motifs is 1. The highest BCUT2D eigenvalue weighted by Gasteiger charge is 2.11. The molecule has 0 spiro atoms. The van der Waals surface area contributed by atoms with Crippen molar-refractivity contribution >= 4 is 11.6 Å². The summed E-state index contributed by atoms with van der Waals surface area (Å²) in [6.45, 7) is 4.30. The Bertz CT molecular complexity index is 771. The predicted molar refractivity (Wildman–Crippen MR) is 74.4 cm³/mol. The smallest absolute Gasteiger partial charge is 0.271 e. The van der Waals surface area contributed by atoms with Crippen molar-refractivity contribution in [3.05, 3.63) is 53.2 Å². The van der Waals surface area contributed by atoms with Crippen LogP contribution in [0.1, 0.15) is 27.4 Å². The van der Waals surface area contributed by atoms with Crippen molar-refractivity contribution in [1.82, 2.24) is 24.9 Å². The van der Waals surface area contributed by atoms with Gasteiger partial charge < -0.3 is 9.72 Å². The lowest BCUT2D eigenvalue weighted by Gasteiger charge is -1.99. The number of carbonyl (C=O) groups is 1. The normalized spacial score (nSPS) is 10.9. The van der Waals surface area contributed by atoms with Gasteiger partial charge in [-0.1, -0.05) is 6.07 Å². The molecule has 0 aliphatic heterocycles. The van der Waals surface area contributed by atoms with Gasteiger partial charge in [0.15, 0.2) is 0 Å². The molecule has 1 amide bonds. The van der Waals surface area contributed by atoms with Crippen LogP contribution in [0.4, 0.5) is 0 Å². The van der Waals surface area contributed by atoms with E-state index in [1.54, 1.807) is 6.20 Å². The first-order valence-electron chi connectivity index (χ1n) is 6.36.